The predicted molar refractivity (Wildman–Crippen MR) is 94.9 cm³/mol. The summed E-state index contributed by atoms with van der Waals surface area (Å²) in [6.45, 7) is 2.65. The van der Waals surface area contributed by atoms with Crippen molar-refractivity contribution in [3.8, 4) is 0 Å². The van der Waals surface area contributed by atoms with Gasteiger partial charge in [-0.05, 0) is 42.7 Å². The molecule has 3 aromatic rings. The summed E-state index contributed by atoms with van der Waals surface area (Å²) in [5.74, 6) is 0.0479. The third kappa shape index (κ3) is 3.93. The Morgan fingerprint density at radius 1 is 1.17 bits per heavy atom. The highest BCUT2D eigenvalue weighted by Gasteiger charge is 2.06. The second-order valence-corrected chi connectivity index (χ2v) is 6.20. The van der Waals surface area contributed by atoms with E-state index < -0.39 is 0 Å². The van der Waals surface area contributed by atoms with E-state index in [4.69, 9.17) is 11.6 Å². The van der Waals surface area contributed by atoms with Crippen molar-refractivity contribution < 1.29 is 4.79 Å². The number of hydrogen-bond donors (Lipinski definition) is 2. The topological polar surface area (TPSA) is 44.9 Å². The minimum absolute atomic E-state index is 0.0479. The zero-order valence-electron chi connectivity index (χ0n) is 13.0. The van der Waals surface area contributed by atoms with E-state index in [2.05, 4.69) is 10.3 Å². The Kier molecular flexibility index (Phi) is 4.68. The monoisotopic (exact) mass is 326 g/mol. The van der Waals surface area contributed by atoms with E-state index in [1.54, 1.807) is 0 Å². The molecule has 23 heavy (non-hydrogen) atoms. The first-order valence-electron chi connectivity index (χ1n) is 7.69. The molecule has 0 atom stereocenters. The number of aromatic nitrogens is 1. The Bertz CT molecular complexity index is 821. The Balaban J connectivity index is 1.55. The first-order valence-corrected chi connectivity index (χ1v) is 8.07. The maximum Gasteiger partial charge on any atom is 0.224 e. The molecule has 0 aliphatic rings. The number of hydrogen-bond acceptors (Lipinski definition) is 1. The highest BCUT2D eigenvalue weighted by molar-refractivity contribution is 6.31. The standard InChI is InChI=1S/C19H19ClN2O/c1-13-2-4-14(5-3-13)10-19(23)21-9-8-15-12-22-18-7-6-16(20)11-17(15)18/h2-7,11-12,22H,8-10H2,1H3,(H,21,23). The molecular formula is C19H19ClN2O. The first-order chi connectivity index (χ1) is 11.1. The number of aromatic amines is 1. The molecule has 2 aromatic carbocycles. The highest BCUT2D eigenvalue weighted by atomic mass is 35.5. The lowest BCUT2D eigenvalue weighted by Crippen LogP contribution is -2.27. The van der Waals surface area contributed by atoms with Crippen LogP contribution in [0.15, 0.2) is 48.7 Å². The highest BCUT2D eigenvalue weighted by Crippen LogP contribution is 2.22. The van der Waals surface area contributed by atoms with Crippen LogP contribution in [-0.2, 0) is 17.6 Å². The molecule has 118 valence electrons. The van der Waals surface area contributed by atoms with Gasteiger partial charge in [-0.25, -0.2) is 0 Å². The molecule has 1 aromatic heterocycles. The van der Waals surface area contributed by atoms with Gasteiger partial charge < -0.3 is 10.3 Å². The molecule has 0 unspecified atom stereocenters. The largest absolute Gasteiger partial charge is 0.361 e. The number of carbonyl (C=O) groups excluding carboxylic acids is 1. The lowest BCUT2D eigenvalue weighted by molar-refractivity contribution is -0.120. The molecule has 0 aliphatic heterocycles. The van der Waals surface area contributed by atoms with Gasteiger partial charge in [-0.15, -0.1) is 0 Å². The van der Waals surface area contributed by atoms with Gasteiger partial charge in [-0.1, -0.05) is 41.4 Å². The normalized spacial score (nSPS) is 10.9. The van der Waals surface area contributed by atoms with Crippen molar-refractivity contribution in [2.24, 2.45) is 0 Å². The van der Waals surface area contributed by atoms with E-state index >= 15 is 0 Å². The van der Waals surface area contributed by atoms with Gasteiger partial charge in [-0.2, -0.15) is 0 Å². The zero-order chi connectivity index (χ0) is 16.2. The minimum Gasteiger partial charge on any atom is -0.361 e. The van der Waals surface area contributed by atoms with E-state index in [1.807, 2.05) is 55.6 Å². The second kappa shape index (κ2) is 6.88. The number of halogens is 1. The molecule has 3 nitrogen and oxygen atoms in total. The zero-order valence-corrected chi connectivity index (χ0v) is 13.8. The molecule has 0 bridgehead atoms. The van der Waals surface area contributed by atoms with Crippen molar-refractivity contribution in [1.29, 1.82) is 0 Å². The van der Waals surface area contributed by atoms with E-state index in [0.717, 1.165) is 33.5 Å². The summed E-state index contributed by atoms with van der Waals surface area (Å²) in [4.78, 5) is 15.2. The van der Waals surface area contributed by atoms with Crippen LogP contribution in [-0.4, -0.2) is 17.4 Å². The molecule has 0 fully saturated rings. The molecule has 3 rings (SSSR count). The molecule has 0 radical (unpaired) electrons. The number of rotatable bonds is 5. The Hall–Kier alpha value is -2.26. The van der Waals surface area contributed by atoms with E-state index in [-0.39, 0.29) is 5.91 Å². The van der Waals surface area contributed by atoms with Crippen molar-refractivity contribution in [1.82, 2.24) is 10.3 Å². The Labute approximate surface area is 140 Å². The fourth-order valence-electron chi connectivity index (χ4n) is 2.65. The summed E-state index contributed by atoms with van der Waals surface area (Å²) in [6, 6.07) is 13.8. The summed E-state index contributed by atoms with van der Waals surface area (Å²) in [5.41, 5.74) is 4.47. The summed E-state index contributed by atoms with van der Waals surface area (Å²) in [5, 5.41) is 4.82. The van der Waals surface area contributed by atoms with Gasteiger partial charge in [-0.3, -0.25) is 4.79 Å². The van der Waals surface area contributed by atoms with Crippen LogP contribution in [0.25, 0.3) is 10.9 Å². The van der Waals surface area contributed by atoms with Gasteiger partial charge >= 0.3 is 0 Å². The quantitative estimate of drug-likeness (QED) is 0.730. The van der Waals surface area contributed by atoms with Gasteiger partial charge in [0.25, 0.3) is 0 Å². The summed E-state index contributed by atoms with van der Waals surface area (Å²) >= 11 is 6.05. The molecule has 0 saturated heterocycles. The van der Waals surface area contributed by atoms with E-state index in [1.165, 1.54) is 5.56 Å². The third-order valence-corrected chi connectivity index (χ3v) is 4.17. The maximum absolute atomic E-state index is 12.0. The number of benzene rings is 2. The molecule has 1 amide bonds. The van der Waals surface area contributed by atoms with Crippen LogP contribution in [0.4, 0.5) is 0 Å². The number of fused-ring (bicyclic) bond motifs is 1. The van der Waals surface area contributed by atoms with Gasteiger partial charge in [0.15, 0.2) is 0 Å². The van der Waals surface area contributed by atoms with Crippen molar-refractivity contribution >= 4 is 28.4 Å². The molecule has 0 saturated carbocycles. The second-order valence-electron chi connectivity index (χ2n) is 5.77. The lowest BCUT2D eigenvalue weighted by atomic mass is 10.1. The van der Waals surface area contributed by atoms with Crippen LogP contribution in [0, 0.1) is 6.92 Å². The van der Waals surface area contributed by atoms with Crippen LogP contribution >= 0.6 is 11.6 Å². The molecule has 0 spiro atoms. The maximum atomic E-state index is 12.0. The predicted octanol–water partition coefficient (Wildman–Crippen LogP) is 4.03. The fourth-order valence-corrected chi connectivity index (χ4v) is 2.82. The average molecular weight is 327 g/mol. The summed E-state index contributed by atoms with van der Waals surface area (Å²) in [6.07, 6.45) is 3.17. The Morgan fingerprint density at radius 2 is 1.96 bits per heavy atom. The van der Waals surface area contributed by atoms with Crippen LogP contribution < -0.4 is 5.32 Å². The van der Waals surface area contributed by atoms with Crippen LogP contribution in [0.5, 0.6) is 0 Å². The number of nitrogens with one attached hydrogen (secondary N) is 2. The number of H-pyrrole nitrogens is 1. The number of aryl methyl sites for hydroxylation is 1. The molecule has 4 heteroatoms. The van der Waals surface area contributed by atoms with Crippen molar-refractivity contribution in [3.63, 3.8) is 0 Å². The van der Waals surface area contributed by atoms with Crippen molar-refractivity contribution in [2.45, 2.75) is 19.8 Å². The Morgan fingerprint density at radius 3 is 2.74 bits per heavy atom. The molecule has 0 aliphatic carbocycles. The van der Waals surface area contributed by atoms with Crippen molar-refractivity contribution in [3.05, 3.63) is 70.4 Å². The smallest absolute Gasteiger partial charge is 0.224 e. The minimum atomic E-state index is 0.0479. The third-order valence-electron chi connectivity index (χ3n) is 3.93. The summed E-state index contributed by atoms with van der Waals surface area (Å²) in [7, 11) is 0. The van der Waals surface area contributed by atoms with E-state index in [0.29, 0.717) is 13.0 Å². The fraction of sp³-hybridized carbons (Fsp3) is 0.211. The molecule has 1 heterocycles. The van der Waals surface area contributed by atoms with Gasteiger partial charge in [0.2, 0.25) is 5.91 Å². The van der Waals surface area contributed by atoms with Gasteiger partial charge in [0, 0.05) is 28.7 Å². The number of amides is 1. The van der Waals surface area contributed by atoms with Crippen LogP contribution in [0.3, 0.4) is 0 Å². The average Bonchev–Trinajstić information content (AvgIpc) is 2.92. The lowest BCUT2D eigenvalue weighted by Gasteiger charge is -2.05. The van der Waals surface area contributed by atoms with Crippen LogP contribution in [0.2, 0.25) is 5.02 Å². The molecular weight excluding hydrogens is 308 g/mol. The summed E-state index contributed by atoms with van der Waals surface area (Å²) < 4.78 is 0. The SMILES string of the molecule is Cc1ccc(CC(=O)NCCc2c[nH]c3ccc(Cl)cc23)cc1. The van der Waals surface area contributed by atoms with Gasteiger partial charge in [0.1, 0.15) is 0 Å². The van der Waals surface area contributed by atoms with Gasteiger partial charge in [0.05, 0.1) is 6.42 Å². The van der Waals surface area contributed by atoms with E-state index in [9.17, 15) is 4.79 Å². The first kappa shape index (κ1) is 15.6. The van der Waals surface area contributed by atoms with Crippen molar-refractivity contribution in [2.75, 3.05) is 6.54 Å². The number of carbonyl (C=O) groups is 1. The molecule has 2 N–H and O–H groups in total. The van der Waals surface area contributed by atoms with Crippen LogP contribution in [0.1, 0.15) is 16.7 Å².